The van der Waals surface area contributed by atoms with Crippen LogP contribution in [-0.4, -0.2) is 32.0 Å². The van der Waals surface area contributed by atoms with Gasteiger partial charge in [-0.05, 0) is 17.5 Å². The van der Waals surface area contributed by atoms with Gasteiger partial charge in [-0.3, -0.25) is 4.79 Å². The maximum Gasteiger partial charge on any atom is 0.264 e. The van der Waals surface area contributed by atoms with E-state index in [1.54, 1.807) is 12.4 Å². The number of rotatable bonds is 5. The van der Waals surface area contributed by atoms with E-state index in [-0.39, 0.29) is 11.8 Å². The first-order chi connectivity index (χ1) is 8.68. The molecule has 7 heteroatoms. The van der Waals surface area contributed by atoms with Crippen molar-refractivity contribution >= 4 is 17.4 Å². The van der Waals surface area contributed by atoms with Gasteiger partial charge in [-0.15, -0.1) is 5.10 Å². The lowest BCUT2D eigenvalue weighted by Crippen LogP contribution is -2.26. The predicted octanol–water partition coefficient (Wildman–Crippen LogP) is 1.36. The van der Waals surface area contributed by atoms with Crippen molar-refractivity contribution in [2.45, 2.75) is 26.2 Å². The zero-order valence-corrected chi connectivity index (χ0v) is 11.1. The van der Waals surface area contributed by atoms with Crippen LogP contribution in [0.5, 0.6) is 0 Å². The molecule has 0 aliphatic rings. The van der Waals surface area contributed by atoms with Gasteiger partial charge in [0, 0.05) is 25.4 Å². The molecule has 0 unspecified atom stereocenters. The number of hydrogen-bond acceptors (Lipinski definition) is 5. The summed E-state index contributed by atoms with van der Waals surface area (Å²) in [5.74, 6) is 0.955. The normalized spacial score (nSPS) is 10.8. The largest absolute Gasteiger partial charge is 0.351 e. The molecule has 0 atom stereocenters. The fourth-order valence-electron chi connectivity index (χ4n) is 1.54. The van der Waals surface area contributed by atoms with Gasteiger partial charge in [-0.25, -0.2) is 4.98 Å². The molecule has 0 bridgehead atoms. The van der Waals surface area contributed by atoms with Crippen molar-refractivity contribution in [3.8, 4) is 0 Å². The molecule has 2 heterocycles. The molecule has 0 saturated heterocycles. The van der Waals surface area contributed by atoms with Crippen LogP contribution in [-0.2, 0) is 6.42 Å². The molecule has 6 nitrogen and oxygen atoms in total. The Labute approximate surface area is 109 Å². The molecule has 18 heavy (non-hydrogen) atoms. The standard InChI is InChI=1S/C11H15N5OS/c1-7(2)9-10(18-16-15-9)11(17)14-4-3-8-12-5-6-13-8/h5-7H,3-4H2,1-2H3,(H,12,13)(H,14,17). The molecule has 0 spiro atoms. The van der Waals surface area contributed by atoms with Gasteiger partial charge in [-0.2, -0.15) is 0 Å². The number of nitrogens with zero attached hydrogens (tertiary/aromatic N) is 3. The zero-order chi connectivity index (χ0) is 13.0. The zero-order valence-electron chi connectivity index (χ0n) is 10.3. The highest BCUT2D eigenvalue weighted by Gasteiger charge is 2.18. The van der Waals surface area contributed by atoms with Crippen molar-refractivity contribution in [1.82, 2.24) is 24.9 Å². The van der Waals surface area contributed by atoms with Crippen molar-refractivity contribution in [1.29, 1.82) is 0 Å². The van der Waals surface area contributed by atoms with Crippen LogP contribution in [0, 0.1) is 0 Å². The lowest BCUT2D eigenvalue weighted by molar-refractivity contribution is 0.0956. The number of hydrogen-bond donors (Lipinski definition) is 2. The summed E-state index contributed by atoms with van der Waals surface area (Å²) in [6.07, 6.45) is 4.14. The number of carbonyl (C=O) groups excluding carboxylic acids is 1. The first-order valence-electron chi connectivity index (χ1n) is 5.77. The lowest BCUT2D eigenvalue weighted by atomic mass is 10.1. The van der Waals surface area contributed by atoms with Crippen LogP contribution in [0.15, 0.2) is 12.4 Å². The minimum atomic E-state index is -0.111. The third-order valence-electron chi connectivity index (χ3n) is 2.47. The second kappa shape index (κ2) is 5.72. The molecule has 0 fully saturated rings. The van der Waals surface area contributed by atoms with E-state index >= 15 is 0 Å². The number of nitrogens with one attached hydrogen (secondary N) is 2. The van der Waals surface area contributed by atoms with E-state index in [0.29, 0.717) is 17.8 Å². The summed E-state index contributed by atoms with van der Waals surface area (Å²) in [5.41, 5.74) is 0.760. The summed E-state index contributed by atoms with van der Waals surface area (Å²) in [4.78, 5) is 19.6. The van der Waals surface area contributed by atoms with E-state index in [9.17, 15) is 4.79 Å². The molecule has 2 aromatic heterocycles. The molecule has 0 saturated carbocycles. The second-order valence-electron chi connectivity index (χ2n) is 4.18. The van der Waals surface area contributed by atoms with Gasteiger partial charge in [0.2, 0.25) is 0 Å². The Morgan fingerprint density at radius 3 is 3.06 bits per heavy atom. The average Bonchev–Trinajstić information content (AvgIpc) is 2.99. The van der Waals surface area contributed by atoms with Gasteiger partial charge in [0.1, 0.15) is 10.7 Å². The highest BCUT2D eigenvalue weighted by Crippen LogP contribution is 2.19. The van der Waals surface area contributed by atoms with Gasteiger partial charge < -0.3 is 10.3 Å². The van der Waals surface area contributed by atoms with Gasteiger partial charge in [0.25, 0.3) is 5.91 Å². The van der Waals surface area contributed by atoms with E-state index in [1.807, 2.05) is 13.8 Å². The van der Waals surface area contributed by atoms with E-state index in [1.165, 1.54) is 0 Å². The van der Waals surface area contributed by atoms with Crippen molar-refractivity contribution in [3.05, 3.63) is 28.8 Å². The number of aromatic amines is 1. The van der Waals surface area contributed by atoms with Crippen molar-refractivity contribution in [2.75, 3.05) is 6.54 Å². The molecule has 0 radical (unpaired) electrons. The van der Waals surface area contributed by atoms with E-state index in [4.69, 9.17) is 0 Å². The monoisotopic (exact) mass is 265 g/mol. The second-order valence-corrected chi connectivity index (χ2v) is 4.94. The summed E-state index contributed by atoms with van der Waals surface area (Å²) < 4.78 is 3.83. The third-order valence-corrected chi connectivity index (χ3v) is 3.21. The molecule has 2 aromatic rings. The summed E-state index contributed by atoms with van der Waals surface area (Å²) in [5, 5.41) is 6.83. The topological polar surface area (TPSA) is 83.6 Å². The Morgan fingerprint density at radius 2 is 2.39 bits per heavy atom. The summed E-state index contributed by atoms with van der Waals surface area (Å²) in [6.45, 7) is 4.54. The third kappa shape index (κ3) is 2.92. The maximum atomic E-state index is 11.9. The van der Waals surface area contributed by atoms with Crippen LogP contribution < -0.4 is 5.32 Å². The first kappa shape index (κ1) is 12.7. The molecule has 2 rings (SSSR count). The van der Waals surface area contributed by atoms with Crippen LogP contribution in [0.4, 0.5) is 0 Å². The summed E-state index contributed by atoms with van der Waals surface area (Å²) >= 11 is 1.14. The Bertz CT molecular complexity index is 505. The van der Waals surface area contributed by atoms with Crippen LogP contribution >= 0.6 is 11.5 Å². The fraction of sp³-hybridized carbons (Fsp3) is 0.455. The van der Waals surface area contributed by atoms with Crippen LogP contribution in [0.3, 0.4) is 0 Å². The molecular weight excluding hydrogens is 250 g/mol. The van der Waals surface area contributed by atoms with Crippen molar-refractivity contribution in [3.63, 3.8) is 0 Å². The van der Waals surface area contributed by atoms with E-state index < -0.39 is 0 Å². The molecule has 0 aromatic carbocycles. The molecule has 0 aliphatic carbocycles. The summed E-state index contributed by atoms with van der Waals surface area (Å²) in [6, 6.07) is 0. The quantitative estimate of drug-likeness (QED) is 0.855. The SMILES string of the molecule is CC(C)c1nnsc1C(=O)NCCc1ncc[nH]1. The van der Waals surface area contributed by atoms with E-state index in [2.05, 4.69) is 24.9 Å². The first-order valence-corrected chi connectivity index (χ1v) is 6.54. The van der Waals surface area contributed by atoms with E-state index in [0.717, 1.165) is 23.1 Å². The number of H-pyrrole nitrogens is 1. The molecule has 0 aliphatic heterocycles. The Hall–Kier alpha value is -1.76. The van der Waals surface area contributed by atoms with Gasteiger partial charge >= 0.3 is 0 Å². The van der Waals surface area contributed by atoms with Crippen LogP contribution in [0.25, 0.3) is 0 Å². The van der Waals surface area contributed by atoms with Gasteiger partial charge in [0.05, 0.1) is 5.69 Å². The minimum Gasteiger partial charge on any atom is -0.351 e. The number of imidazole rings is 1. The molecule has 1 amide bonds. The maximum absolute atomic E-state index is 11.9. The molecule has 96 valence electrons. The fourth-order valence-corrected chi connectivity index (χ4v) is 2.28. The Balaban J connectivity index is 1.89. The Morgan fingerprint density at radius 1 is 1.56 bits per heavy atom. The lowest BCUT2D eigenvalue weighted by Gasteiger charge is -2.05. The van der Waals surface area contributed by atoms with Gasteiger partial charge in [0.15, 0.2) is 0 Å². The van der Waals surface area contributed by atoms with Crippen LogP contribution in [0.1, 0.15) is 41.0 Å². The average molecular weight is 265 g/mol. The van der Waals surface area contributed by atoms with Crippen molar-refractivity contribution < 1.29 is 4.79 Å². The number of amides is 1. The highest BCUT2D eigenvalue weighted by molar-refractivity contribution is 7.08. The number of carbonyl (C=O) groups is 1. The minimum absolute atomic E-state index is 0.111. The summed E-state index contributed by atoms with van der Waals surface area (Å²) in [7, 11) is 0. The smallest absolute Gasteiger partial charge is 0.264 e. The Kier molecular flexibility index (Phi) is 4.03. The highest BCUT2D eigenvalue weighted by atomic mass is 32.1. The predicted molar refractivity (Wildman–Crippen MR) is 68.6 cm³/mol. The van der Waals surface area contributed by atoms with Gasteiger partial charge in [-0.1, -0.05) is 18.3 Å². The van der Waals surface area contributed by atoms with Crippen molar-refractivity contribution in [2.24, 2.45) is 0 Å². The number of aromatic nitrogens is 4. The molecule has 2 N–H and O–H groups in total. The van der Waals surface area contributed by atoms with Crippen LogP contribution in [0.2, 0.25) is 0 Å². The molecular formula is C11H15N5OS.